The fraction of sp³-hybridized carbons (Fsp3) is 0.0870. The van der Waals surface area contributed by atoms with E-state index < -0.39 is 0 Å². The smallest absolute Gasteiger partial charge is 0.336 e. The lowest BCUT2D eigenvalue weighted by molar-refractivity contribution is 0.296. The van der Waals surface area contributed by atoms with Crippen molar-refractivity contribution in [3.05, 3.63) is 94.8 Å². The molecule has 4 nitrogen and oxygen atoms in total. The van der Waals surface area contributed by atoms with Gasteiger partial charge in [0.1, 0.15) is 23.7 Å². The van der Waals surface area contributed by atoms with Crippen molar-refractivity contribution in [1.29, 1.82) is 0 Å². The average molecular weight is 358 g/mol. The van der Waals surface area contributed by atoms with Crippen LogP contribution in [0.2, 0.25) is 0 Å². The van der Waals surface area contributed by atoms with Crippen molar-refractivity contribution in [2.45, 2.75) is 6.61 Å². The summed E-state index contributed by atoms with van der Waals surface area (Å²) in [5, 5.41) is 0.866. The van der Waals surface area contributed by atoms with Crippen LogP contribution in [0, 0.1) is 0 Å². The van der Waals surface area contributed by atoms with Crippen LogP contribution in [0.3, 0.4) is 0 Å². The molecule has 0 amide bonds. The summed E-state index contributed by atoms with van der Waals surface area (Å²) in [4.78, 5) is 12.0. The molecule has 0 unspecified atom stereocenters. The first-order chi connectivity index (χ1) is 13.2. The summed E-state index contributed by atoms with van der Waals surface area (Å²) < 4.78 is 16.6. The van der Waals surface area contributed by atoms with Crippen molar-refractivity contribution in [3.8, 4) is 22.6 Å². The van der Waals surface area contributed by atoms with Gasteiger partial charge in [-0.2, -0.15) is 0 Å². The number of methoxy groups -OCH3 is 1. The minimum Gasteiger partial charge on any atom is -0.496 e. The third-order valence-electron chi connectivity index (χ3n) is 4.39. The number of hydrogen-bond donors (Lipinski definition) is 0. The summed E-state index contributed by atoms with van der Waals surface area (Å²) in [5.74, 6) is 1.40. The molecule has 0 bridgehead atoms. The zero-order chi connectivity index (χ0) is 18.6. The van der Waals surface area contributed by atoms with Crippen LogP contribution in [-0.4, -0.2) is 7.11 Å². The number of hydrogen-bond acceptors (Lipinski definition) is 4. The normalized spacial score (nSPS) is 10.7. The maximum atomic E-state index is 12.0. The second-order valence-electron chi connectivity index (χ2n) is 6.10. The molecule has 0 saturated heterocycles. The van der Waals surface area contributed by atoms with E-state index in [-0.39, 0.29) is 5.63 Å². The summed E-state index contributed by atoms with van der Waals surface area (Å²) >= 11 is 0. The van der Waals surface area contributed by atoms with E-state index in [1.54, 1.807) is 13.2 Å². The van der Waals surface area contributed by atoms with Gasteiger partial charge in [-0.25, -0.2) is 4.79 Å². The van der Waals surface area contributed by atoms with Crippen LogP contribution in [-0.2, 0) is 6.61 Å². The molecule has 0 N–H and O–H groups in total. The first-order valence-corrected chi connectivity index (χ1v) is 8.62. The molecule has 0 fully saturated rings. The van der Waals surface area contributed by atoms with Gasteiger partial charge in [0.05, 0.1) is 7.11 Å². The summed E-state index contributed by atoms with van der Waals surface area (Å²) in [5.41, 5.74) is 2.87. The highest BCUT2D eigenvalue weighted by molar-refractivity contribution is 5.93. The van der Waals surface area contributed by atoms with Crippen molar-refractivity contribution < 1.29 is 13.9 Å². The molecule has 0 spiro atoms. The first kappa shape index (κ1) is 16.9. The van der Waals surface area contributed by atoms with Crippen LogP contribution in [0.15, 0.2) is 88.1 Å². The molecular weight excluding hydrogens is 340 g/mol. The lowest BCUT2D eigenvalue weighted by Crippen LogP contribution is -2.00. The van der Waals surface area contributed by atoms with Crippen molar-refractivity contribution in [3.63, 3.8) is 0 Å². The molecule has 4 rings (SSSR count). The molecule has 27 heavy (non-hydrogen) atoms. The maximum absolute atomic E-state index is 12.0. The molecule has 1 aromatic heterocycles. The zero-order valence-electron chi connectivity index (χ0n) is 14.8. The summed E-state index contributed by atoms with van der Waals surface area (Å²) in [6.45, 7) is 0.359. The van der Waals surface area contributed by atoms with Gasteiger partial charge in [0.25, 0.3) is 0 Å². The van der Waals surface area contributed by atoms with Crippen molar-refractivity contribution in [2.75, 3.05) is 7.11 Å². The minimum absolute atomic E-state index is 0.359. The van der Waals surface area contributed by atoms with Gasteiger partial charge in [0, 0.05) is 23.1 Å². The van der Waals surface area contributed by atoms with E-state index in [1.165, 1.54) is 6.07 Å². The molecular formula is C23H18O4. The maximum Gasteiger partial charge on any atom is 0.336 e. The SMILES string of the molecule is COc1ccccc1COc1ccc2c(-c3ccccc3)cc(=O)oc2c1. The van der Waals surface area contributed by atoms with Crippen molar-refractivity contribution in [1.82, 2.24) is 0 Å². The highest BCUT2D eigenvalue weighted by Crippen LogP contribution is 2.30. The average Bonchev–Trinajstić information content (AvgIpc) is 2.72. The van der Waals surface area contributed by atoms with Gasteiger partial charge in [-0.1, -0.05) is 48.5 Å². The Bertz CT molecular complexity index is 1130. The predicted octanol–water partition coefficient (Wildman–Crippen LogP) is 5.05. The van der Waals surface area contributed by atoms with Gasteiger partial charge >= 0.3 is 5.63 Å². The van der Waals surface area contributed by atoms with E-state index in [4.69, 9.17) is 13.9 Å². The Morgan fingerprint density at radius 2 is 1.67 bits per heavy atom. The first-order valence-electron chi connectivity index (χ1n) is 8.62. The van der Waals surface area contributed by atoms with Crippen molar-refractivity contribution >= 4 is 11.0 Å². The minimum atomic E-state index is -0.386. The second kappa shape index (κ2) is 7.38. The van der Waals surface area contributed by atoms with Crippen LogP contribution in [0.4, 0.5) is 0 Å². The van der Waals surface area contributed by atoms with Gasteiger partial charge in [0.15, 0.2) is 0 Å². The van der Waals surface area contributed by atoms with E-state index in [9.17, 15) is 4.79 Å². The monoisotopic (exact) mass is 358 g/mol. The Balaban J connectivity index is 1.68. The molecule has 4 aromatic rings. The Morgan fingerprint density at radius 3 is 2.48 bits per heavy atom. The van der Waals surface area contributed by atoms with Crippen LogP contribution < -0.4 is 15.1 Å². The molecule has 0 radical (unpaired) electrons. The van der Waals surface area contributed by atoms with Crippen LogP contribution >= 0.6 is 0 Å². The van der Waals surface area contributed by atoms with Gasteiger partial charge in [0.2, 0.25) is 0 Å². The molecule has 0 aliphatic rings. The van der Waals surface area contributed by atoms with Crippen LogP contribution in [0.5, 0.6) is 11.5 Å². The number of fused-ring (bicyclic) bond motifs is 1. The molecule has 0 aliphatic heterocycles. The van der Waals surface area contributed by atoms with Gasteiger partial charge < -0.3 is 13.9 Å². The topological polar surface area (TPSA) is 48.7 Å². The lowest BCUT2D eigenvalue weighted by Gasteiger charge is -2.11. The van der Waals surface area contributed by atoms with Crippen LogP contribution in [0.1, 0.15) is 5.56 Å². The molecule has 0 atom stereocenters. The van der Waals surface area contributed by atoms with E-state index >= 15 is 0 Å². The Labute approximate surface area is 156 Å². The number of ether oxygens (including phenoxy) is 2. The summed E-state index contributed by atoms with van der Waals surface area (Å²) in [7, 11) is 1.63. The highest BCUT2D eigenvalue weighted by Gasteiger charge is 2.10. The fourth-order valence-corrected chi connectivity index (χ4v) is 3.07. The van der Waals surface area contributed by atoms with Gasteiger partial charge in [-0.3, -0.25) is 0 Å². The fourth-order valence-electron chi connectivity index (χ4n) is 3.07. The largest absolute Gasteiger partial charge is 0.496 e. The van der Waals surface area contributed by atoms with E-state index in [1.807, 2.05) is 66.7 Å². The van der Waals surface area contributed by atoms with E-state index in [0.717, 1.165) is 27.8 Å². The van der Waals surface area contributed by atoms with Gasteiger partial charge in [-0.05, 0) is 29.3 Å². The number of para-hydroxylation sites is 1. The molecule has 134 valence electrons. The standard InChI is InChI=1S/C23H18O4/c1-25-21-10-6-5-9-17(21)15-26-18-11-12-19-20(16-7-3-2-4-8-16)14-23(24)27-22(19)13-18/h2-14H,15H2,1H3. The molecule has 1 heterocycles. The predicted molar refractivity (Wildman–Crippen MR) is 105 cm³/mol. The number of benzene rings is 3. The van der Waals surface area contributed by atoms with E-state index in [2.05, 4.69) is 0 Å². The molecule has 4 heteroatoms. The van der Waals surface area contributed by atoms with Crippen LogP contribution in [0.25, 0.3) is 22.1 Å². The lowest BCUT2D eigenvalue weighted by atomic mass is 10.0. The van der Waals surface area contributed by atoms with Gasteiger partial charge in [-0.15, -0.1) is 0 Å². The Morgan fingerprint density at radius 1 is 0.889 bits per heavy atom. The zero-order valence-corrected chi connectivity index (χ0v) is 14.8. The quantitative estimate of drug-likeness (QED) is 0.469. The third-order valence-corrected chi connectivity index (χ3v) is 4.39. The number of rotatable bonds is 5. The molecule has 0 aliphatic carbocycles. The Hall–Kier alpha value is -3.53. The summed E-state index contributed by atoms with van der Waals surface area (Å²) in [6, 6.07) is 24.5. The third kappa shape index (κ3) is 3.55. The molecule has 3 aromatic carbocycles. The molecule has 0 saturated carbocycles. The second-order valence-corrected chi connectivity index (χ2v) is 6.10. The van der Waals surface area contributed by atoms with Crippen molar-refractivity contribution in [2.24, 2.45) is 0 Å². The summed E-state index contributed by atoms with van der Waals surface area (Å²) in [6.07, 6.45) is 0. The highest BCUT2D eigenvalue weighted by atomic mass is 16.5. The van der Waals surface area contributed by atoms with E-state index in [0.29, 0.717) is 17.9 Å². The Kier molecular flexibility index (Phi) is 4.62.